The molecule has 1 amide bonds. The number of likely N-dealkylation sites (N-methyl/N-ethyl adjacent to an activating group) is 1. The molecule has 5 heterocycles. The molecule has 222 valence electrons. The molecule has 3 aromatic heterocycles. The van der Waals surface area contributed by atoms with Gasteiger partial charge in [-0.1, -0.05) is 29.8 Å². The highest BCUT2D eigenvalue weighted by Gasteiger charge is 2.34. The van der Waals surface area contributed by atoms with Crippen molar-refractivity contribution in [2.45, 2.75) is 31.8 Å². The van der Waals surface area contributed by atoms with Gasteiger partial charge >= 0.3 is 0 Å². The third-order valence-electron chi connectivity index (χ3n) is 9.08. The summed E-state index contributed by atoms with van der Waals surface area (Å²) < 4.78 is 19.0. The molecule has 0 radical (unpaired) electrons. The first-order chi connectivity index (χ1) is 20.7. The lowest BCUT2D eigenvalue weighted by molar-refractivity contribution is -0.127. The van der Waals surface area contributed by atoms with Crippen LogP contribution < -0.4 is 4.90 Å². The van der Waals surface area contributed by atoms with Gasteiger partial charge in [-0.15, -0.1) is 0 Å². The number of rotatable bonds is 5. The molecule has 1 N–H and O–H groups in total. The fourth-order valence-corrected chi connectivity index (χ4v) is 6.99. The topological polar surface area (TPSA) is 86.2 Å². The predicted molar refractivity (Wildman–Crippen MR) is 170 cm³/mol. The molecule has 0 unspecified atom stereocenters. The van der Waals surface area contributed by atoms with Gasteiger partial charge in [0.05, 0.1) is 39.9 Å². The molecule has 2 fully saturated rings. The number of H-pyrrole nitrogens is 1. The monoisotopic (exact) mass is 620 g/mol. The second-order valence-corrected chi connectivity index (χ2v) is 12.5. The van der Waals surface area contributed by atoms with Crippen LogP contribution in [0.25, 0.3) is 43.8 Å². The van der Waals surface area contributed by atoms with Crippen LogP contribution in [-0.4, -0.2) is 87.0 Å². The zero-order valence-electron chi connectivity index (χ0n) is 24.2. The number of nitrogens with one attached hydrogen (secondary N) is 1. The van der Waals surface area contributed by atoms with Gasteiger partial charge in [-0.25, -0.2) is 9.37 Å². The van der Waals surface area contributed by atoms with Gasteiger partial charge in [0, 0.05) is 59.1 Å². The van der Waals surface area contributed by atoms with Crippen LogP contribution in [0.1, 0.15) is 24.4 Å². The lowest BCUT2D eigenvalue weighted by Gasteiger charge is -2.43. The normalized spacial score (nSPS) is 16.6. The average molecular weight is 622 g/mol. The zero-order chi connectivity index (χ0) is 30.2. The first kappa shape index (κ1) is 28.1. The molecule has 5 aromatic rings. The predicted octanol–water partition coefficient (Wildman–Crippen LogP) is 5.98. The number of aromatic amines is 1. The summed E-state index contributed by atoms with van der Waals surface area (Å²) >= 11 is 13.5. The SMILES string of the molecule is C=CC(=O)N1CCC(n2ncc3c(N4CC(N(C)C)C4)nc4c(F)c(-c5c(C)c(Cl)cc6[nH]ncc56)c(Cl)cc4c32)CC1. The number of benzene rings is 2. The number of anilines is 1. The van der Waals surface area contributed by atoms with Gasteiger partial charge in [-0.05, 0) is 57.6 Å². The van der Waals surface area contributed by atoms with Crippen LogP contribution in [-0.2, 0) is 4.79 Å². The number of carbonyl (C=O) groups excluding carboxylic acids is 1. The first-order valence-electron chi connectivity index (χ1n) is 14.3. The van der Waals surface area contributed by atoms with E-state index in [0.29, 0.717) is 52.0 Å². The Bertz CT molecular complexity index is 1940. The number of carbonyl (C=O) groups is 1. The first-order valence-corrected chi connectivity index (χ1v) is 15.1. The molecule has 0 atom stereocenters. The molecule has 0 bridgehead atoms. The number of pyridine rings is 1. The molecule has 43 heavy (non-hydrogen) atoms. The second-order valence-electron chi connectivity index (χ2n) is 11.7. The summed E-state index contributed by atoms with van der Waals surface area (Å²) in [6, 6.07) is 3.99. The summed E-state index contributed by atoms with van der Waals surface area (Å²) in [6.07, 6.45) is 6.28. The molecule has 2 saturated heterocycles. The van der Waals surface area contributed by atoms with Crippen molar-refractivity contribution in [3.8, 4) is 11.1 Å². The highest BCUT2D eigenvalue weighted by Crippen LogP contribution is 2.45. The number of piperidine rings is 1. The van der Waals surface area contributed by atoms with E-state index < -0.39 is 5.82 Å². The van der Waals surface area contributed by atoms with Crippen LogP contribution in [0.4, 0.5) is 10.2 Å². The Morgan fingerprint density at radius 3 is 2.53 bits per heavy atom. The lowest BCUT2D eigenvalue weighted by Crippen LogP contribution is -2.57. The van der Waals surface area contributed by atoms with E-state index >= 15 is 4.39 Å². The molecule has 9 nitrogen and oxygen atoms in total. The third-order valence-corrected chi connectivity index (χ3v) is 9.77. The van der Waals surface area contributed by atoms with Crippen LogP contribution in [0, 0.1) is 12.7 Å². The minimum atomic E-state index is -0.512. The maximum atomic E-state index is 17.0. The number of fused-ring (bicyclic) bond motifs is 4. The highest BCUT2D eigenvalue weighted by molar-refractivity contribution is 6.36. The van der Waals surface area contributed by atoms with Crippen LogP contribution in [0.15, 0.2) is 37.2 Å². The summed E-state index contributed by atoms with van der Waals surface area (Å²) in [7, 11) is 4.12. The Kier molecular flexibility index (Phi) is 6.83. The van der Waals surface area contributed by atoms with E-state index in [1.807, 2.05) is 17.8 Å². The molecule has 7 rings (SSSR count). The average Bonchev–Trinajstić information content (AvgIpc) is 3.62. The summed E-state index contributed by atoms with van der Waals surface area (Å²) in [5.41, 5.74) is 3.26. The Balaban J connectivity index is 1.44. The molecule has 2 aromatic carbocycles. The number of hydrogen-bond acceptors (Lipinski definition) is 6. The second kappa shape index (κ2) is 10.5. The van der Waals surface area contributed by atoms with Crippen molar-refractivity contribution in [3.63, 3.8) is 0 Å². The van der Waals surface area contributed by atoms with Crippen LogP contribution in [0.5, 0.6) is 0 Å². The van der Waals surface area contributed by atoms with Crippen LogP contribution >= 0.6 is 23.2 Å². The van der Waals surface area contributed by atoms with Crippen LogP contribution in [0.2, 0.25) is 10.0 Å². The zero-order valence-corrected chi connectivity index (χ0v) is 25.7. The van der Waals surface area contributed by atoms with Gasteiger partial charge in [0.25, 0.3) is 0 Å². The number of aromatic nitrogens is 5. The molecule has 0 aliphatic carbocycles. The number of hydrogen-bond donors (Lipinski definition) is 1. The smallest absolute Gasteiger partial charge is 0.245 e. The van der Waals surface area contributed by atoms with Gasteiger partial charge in [-0.3, -0.25) is 14.6 Å². The van der Waals surface area contributed by atoms with E-state index in [-0.39, 0.29) is 28.1 Å². The van der Waals surface area contributed by atoms with Gasteiger partial charge in [0.2, 0.25) is 5.91 Å². The summed E-state index contributed by atoms with van der Waals surface area (Å²) in [5, 5.41) is 14.9. The number of likely N-dealkylation sites (tertiary alicyclic amines) is 1. The van der Waals surface area contributed by atoms with Gasteiger partial charge in [0.1, 0.15) is 11.3 Å². The molecule has 2 aliphatic rings. The fourth-order valence-electron chi connectivity index (χ4n) is 6.50. The summed E-state index contributed by atoms with van der Waals surface area (Å²) in [4.78, 5) is 23.3. The number of halogens is 3. The molecular formula is C31H31Cl2FN8O. The van der Waals surface area contributed by atoms with Crippen molar-refractivity contribution < 1.29 is 9.18 Å². The fraction of sp³-hybridized carbons (Fsp3) is 0.355. The van der Waals surface area contributed by atoms with Crippen molar-refractivity contribution >= 4 is 67.6 Å². The van der Waals surface area contributed by atoms with Crippen LogP contribution in [0.3, 0.4) is 0 Å². The Morgan fingerprint density at radius 2 is 1.84 bits per heavy atom. The quantitative estimate of drug-likeness (QED) is 0.243. The maximum absolute atomic E-state index is 17.0. The van der Waals surface area contributed by atoms with Crippen molar-refractivity contribution in [2.24, 2.45) is 0 Å². The Hall–Kier alpha value is -3.73. The van der Waals surface area contributed by atoms with E-state index in [4.69, 9.17) is 33.3 Å². The standard InChI is InChI=1S/C31H31Cl2FN8O/c1-5-25(43)40-8-6-17(7-9-40)42-30-19-10-23(33)27(26-16(2)22(32)11-24-20(26)12-35-38-24)28(34)29(19)37-31(21(30)13-36-42)41-14-18(15-41)39(3)4/h5,10-13,17-18H,1,6-9,14-15H2,2-4H3,(H,35,38). The van der Waals surface area contributed by atoms with Crippen molar-refractivity contribution in [1.82, 2.24) is 34.8 Å². The molecule has 12 heteroatoms. The van der Waals surface area contributed by atoms with E-state index in [9.17, 15) is 4.79 Å². The Labute approximate surface area is 257 Å². The minimum Gasteiger partial charge on any atom is -0.353 e. The summed E-state index contributed by atoms with van der Waals surface area (Å²) in [5.74, 6) is 0.121. The molecule has 2 aliphatic heterocycles. The number of amides is 1. The van der Waals surface area contributed by atoms with E-state index in [0.717, 1.165) is 42.2 Å². The highest BCUT2D eigenvalue weighted by atomic mass is 35.5. The van der Waals surface area contributed by atoms with Gasteiger partial charge < -0.3 is 14.7 Å². The third kappa shape index (κ3) is 4.38. The molecule has 0 saturated carbocycles. The minimum absolute atomic E-state index is 0.0259. The van der Waals surface area contributed by atoms with Gasteiger partial charge in [-0.2, -0.15) is 10.2 Å². The lowest BCUT2D eigenvalue weighted by atomic mass is 9.94. The largest absolute Gasteiger partial charge is 0.353 e. The Morgan fingerprint density at radius 1 is 1.09 bits per heavy atom. The van der Waals surface area contributed by atoms with E-state index in [2.05, 4.69) is 40.7 Å². The molecule has 0 spiro atoms. The van der Waals surface area contributed by atoms with Crippen molar-refractivity contribution in [3.05, 3.63) is 58.6 Å². The maximum Gasteiger partial charge on any atom is 0.245 e. The van der Waals surface area contributed by atoms with Gasteiger partial charge in [0.15, 0.2) is 5.82 Å². The van der Waals surface area contributed by atoms with E-state index in [1.54, 1.807) is 23.2 Å². The van der Waals surface area contributed by atoms with E-state index in [1.165, 1.54) is 6.08 Å². The number of nitrogens with zero attached hydrogens (tertiary/aromatic N) is 7. The van der Waals surface area contributed by atoms with Crippen molar-refractivity contribution in [2.75, 3.05) is 45.2 Å². The summed E-state index contributed by atoms with van der Waals surface area (Å²) in [6.45, 7) is 8.22. The molecular weight excluding hydrogens is 590 g/mol. The van der Waals surface area contributed by atoms with Crippen molar-refractivity contribution in [1.29, 1.82) is 0 Å².